The van der Waals surface area contributed by atoms with Crippen LogP contribution in [-0.4, -0.2) is 48.9 Å². The molecule has 138 valence electrons. The second-order valence-corrected chi connectivity index (χ2v) is 6.50. The summed E-state index contributed by atoms with van der Waals surface area (Å²) >= 11 is 5.63. The number of rotatable bonds is 3. The standard InChI is InChI=1S/C16H19ClF3N3O2/c1-10(22-5-7-23(8-6-22)11(2)24)15(25)21-14-4-3-12(17)9-13(14)16(18,19)20/h3-4,9-10H,5-8H2,1-2H3,(H,21,25)/p+1/t10-/m1/s1. The summed E-state index contributed by atoms with van der Waals surface area (Å²) in [5.41, 5.74) is -1.28. The van der Waals surface area contributed by atoms with Crippen LogP contribution in [0.1, 0.15) is 19.4 Å². The molecule has 2 N–H and O–H groups in total. The first-order chi connectivity index (χ1) is 11.6. The third-order valence-electron chi connectivity index (χ3n) is 4.40. The molecule has 0 bridgehead atoms. The first-order valence-electron chi connectivity index (χ1n) is 7.87. The smallest absolute Gasteiger partial charge is 0.332 e. The molecule has 0 spiro atoms. The SMILES string of the molecule is CC(=O)N1CC[NH+]([C@H](C)C(=O)Nc2ccc(Cl)cc2C(F)(F)F)CC1. The summed E-state index contributed by atoms with van der Waals surface area (Å²) in [6.07, 6.45) is -4.61. The molecular formula is C16H20ClF3N3O2+. The van der Waals surface area contributed by atoms with E-state index < -0.39 is 23.7 Å². The third kappa shape index (κ3) is 4.85. The zero-order valence-electron chi connectivity index (χ0n) is 13.9. The molecule has 2 amide bonds. The number of quaternary nitrogens is 1. The van der Waals surface area contributed by atoms with Gasteiger partial charge in [0, 0.05) is 11.9 Å². The molecular weight excluding hydrogens is 359 g/mol. The molecule has 1 heterocycles. The lowest BCUT2D eigenvalue weighted by Gasteiger charge is -2.34. The fraction of sp³-hybridized carbons (Fsp3) is 0.500. The predicted octanol–water partition coefficient (Wildman–Crippen LogP) is 1.43. The Kier molecular flexibility index (Phi) is 5.95. The minimum atomic E-state index is -4.61. The van der Waals surface area contributed by atoms with E-state index in [9.17, 15) is 22.8 Å². The van der Waals surface area contributed by atoms with Crippen molar-refractivity contribution in [3.05, 3.63) is 28.8 Å². The van der Waals surface area contributed by atoms with E-state index in [1.807, 2.05) is 0 Å². The lowest BCUT2D eigenvalue weighted by atomic mass is 10.1. The Morgan fingerprint density at radius 3 is 2.40 bits per heavy atom. The van der Waals surface area contributed by atoms with Crippen LogP contribution >= 0.6 is 11.6 Å². The maximum atomic E-state index is 13.1. The van der Waals surface area contributed by atoms with Crippen molar-refractivity contribution in [2.24, 2.45) is 0 Å². The summed E-state index contributed by atoms with van der Waals surface area (Å²) in [7, 11) is 0. The van der Waals surface area contributed by atoms with E-state index in [0.29, 0.717) is 26.2 Å². The Morgan fingerprint density at radius 2 is 1.88 bits per heavy atom. The van der Waals surface area contributed by atoms with Crippen LogP contribution in [0, 0.1) is 0 Å². The maximum Gasteiger partial charge on any atom is 0.418 e. The molecule has 1 aromatic carbocycles. The maximum absolute atomic E-state index is 13.1. The second-order valence-electron chi connectivity index (χ2n) is 6.06. The van der Waals surface area contributed by atoms with Gasteiger partial charge in [0.15, 0.2) is 6.04 Å². The molecule has 1 aliphatic heterocycles. The predicted molar refractivity (Wildman–Crippen MR) is 87.5 cm³/mol. The van der Waals surface area contributed by atoms with E-state index in [1.54, 1.807) is 11.8 Å². The van der Waals surface area contributed by atoms with Gasteiger partial charge in [0.05, 0.1) is 37.4 Å². The summed E-state index contributed by atoms with van der Waals surface area (Å²) in [5.74, 6) is -0.522. The Bertz CT molecular complexity index is 659. The normalized spacial score (nSPS) is 17.3. The number of halogens is 4. The van der Waals surface area contributed by atoms with Gasteiger partial charge in [-0.1, -0.05) is 11.6 Å². The van der Waals surface area contributed by atoms with Crippen LogP contribution in [0.15, 0.2) is 18.2 Å². The van der Waals surface area contributed by atoms with Crippen molar-refractivity contribution < 1.29 is 27.7 Å². The lowest BCUT2D eigenvalue weighted by molar-refractivity contribution is -0.917. The first-order valence-corrected chi connectivity index (χ1v) is 8.25. The average molecular weight is 379 g/mol. The van der Waals surface area contributed by atoms with Crippen LogP contribution in [0.25, 0.3) is 0 Å². The molecule has 1 atom stereocenters. The van der Waals surface area contributed by atoms with Gasteiger partial charge in [-0.25, -0.2) is 0 Å². The summed E-state index contributed by atoms with van der Waals surface area (Å²) < 4.78 is 39.3. The monoisotopic (exact) mass is 378 g/mol. The zero-order valence-corrected chi connectivity index (χ0v) is 14.7. The minimum Gasteiger partial charge on any atom is -0.332 e. The van der Waals surface area contributed by atoms with Gasteiger partial charge in [-0.15, -0.1) is 0 Å². The number of anilines is 1. The van der Waals surface area contributed by atoms with Gasteiger partial charge >= 0.3 is 6.18 Å². The van der Waals surface area contributed by atoms with Crippen molar-refractivity contribution in [3.63, 3.8) is 0 Å². The lowest BCUT2D eigenvalue weighted by Crippen LogP contribution is -3.19. The second kappa shape index (κ2) is 7.61. The summed E-state index contributed by atoms with van der Waals surface area (Å²) in [4.78, 5) is 26.3. The summed E-state index contributed by atoms with van der Waals surface area (Å²) in [5, 5.41) is 2.30. The number of benzene rings is 1. The molecule has 9 heteroatoms. The molecule has 2 rings (SSSR count). The molecule has 5 nitrogen and oxygen atoms in total. The van der Waals surface area contributed by atoms with Crippen LogP contribution < -0.4 is 10.2 Å². The van der Waals surface area contributed by atoms with Gasteiger partial charge in [-0.05, 0) is 25.1 Å². The Labute approximate surface area is 148 Å². The van der Waals surface area contributed by atoms with E-state index in [2.05, 4.69) is 5.32 Å². The fourth-order valence-electron chi connectivity index (χ4n) is 2.83. The minimum absolute atomic E-state index is 0.0212. The number of alkyl halides is 3. The Hall–Kier alpha value is -1.80. The van der Waals surface area contributed by atoms with Crippen LogP contribution in [0.5, 0.6) is 0 Å². The molecule has 1 fully saturated rings. The van der Waals surface area contributed by atoms with Gasteiger partial charge in [0.1, 0.15) is 0 Å². The van der Waals surface area contributed by atoms with Crippen molar-refractivity contribution >= 4 is 29.1 Å². The summed E-state index contributed by atoms with van der Waals surface area (Å²) in [6, 6.07) is 2.71. The highest BCUT2D eigenvalue weighted by atomic mass is 35.5. The van der Waals surface area contributed by atoms with Crippen LogP contribution in [0.4, 0.5) is 18.9 Å². The number of piperazine rings is 1. The third-order valence-corrected chi connectivity index (χ3v) is 4.64. The van der Waals surface area contributed by atoms with E-state index in [4.69, 9.17) is 11.6 Å². The number of hydrogen-bond acceptors (Lipinski definition) is 2. The highest BCUT2D eigenvalue weighted by Crippen LogP contribution is 2.36. The van der Waals surface area contributed by atoms with Crippen LogP contribution in [0.3, 0.4) is 0 Å². The number of carbonyl (C=O) groups is 2. The molecule has 0 saturated carbocycles. The Morgan fingerprint density at radius 1 is 1.28 bits per heavy atom. The van der Waals surface area contributed by atoms with Gasteiger partial charge in [0.25, 0.3) is 5.91 Å². The topological polar surface area (TPSA) is 53.9 Å². The highest BCUT2D eigenvalue weighted by molar-refractivity contribution is 6.30. The van der Waals surface area contributed by atoms with E-state index in [1.165, 1.54) is 13.0 Å². The van der Waals surface area contributed by atoms with Crippen LogP contribution in [-0.2, 0) is 15.8 Å². The molecule has 0 radical (unpaired) electrons. The van der Waals surface area contributed by atoms with Gasteiger partial charge < -0.3 is 15.1 Å². The first kappa shape index (κ1) is 19.5. The summed E-state index contributed by atoms with van der Waals surface area (Å²) in [6.45, 7) is 5.34. The van der Waals surface area contributed by atoms with Crippen molar-refractivity contribution in [3.8, 4) is 0 Å². The average Bonchev–Trinajstić information content (AvgIpc) is 2.54. The van der Waals surface area contributed by atoms with Crippen molar-refractivity contribution in [1.82, 2.24) is 4.90 Å². The van der Waals surface area contributed by atoms with E-state index in [-0.39, 0.29) is 16.6 Å². The molecule has 1 aliphatic rings. The highest BCUT2D eigenvalue weighted by Gasteiger charge is 2.36. The number of hydrogen-bond donors (Lipinski definition) is 2. The van der Waals surface area contributed by atoms with Crippen LogP contribution in [0.2, 0.25) is 5.02 Å². The van der Waals surface area contributed by atoms with Crippen molar-refractivity contribution in [1.29, 1.82) is 0 Å². The van der Waals surface area contributed by atoms with E-state index >= 15 is 0 Å². The molecule has 1 saturated heterocycles. The molecule has 0 aliphatic carbocycles. The molecule has 25 heavy (non-hydrogen) atoms. The fourth-order valence-corrected chi connectivity index (χ4v) is 3.00. The molecule has 1 aromatic rings. The molecule has 0 unspecified atom stereocenters. The van der Waals surface area contributed by atoms with E-state index in [0.717, 1.165) is 17.0 Å². The molecule has 0 aromatic heterocycles. The number of nitrogens with zero attached hydrogens (tertiary/aromatic N) is 1. The van der Waals surface area contributed by atoms with Gasteiger partial charge in [-0.3, -0.25) is 9.59 Å². The van der Waals surface area contributed by atoms with Gasteiger partial charge in [-0.2, -0.15) is 13.2 Å². The Balaban J connectivity index is 2.06. The quantitative estimate of drug-likeness (QED) is 0.836. The zero-order chi connectivity index (χ0) is 18.8. The van der Waals surface area contributed by atoms with Crippen molar-refractivity contribution in [2.75, 3.05) is 31.5 Å². The number of carbonyl (C=O) groups excluding carboxylic acids is 2. The number of amides is 2. The van der Waals surface area contributed by atoms with Gasteiger partial charge in [0.2, 0.25) is 5.91 Å². The number of nitrogens with one attached hydrogen (secondary N) is 2. The van der Waals surface area contributed by atoms with Crippen molar-refractivity contribution in [2.45, 2.75) is 26.1 Å². The largest absolute Gasteiger partial charge is 0.418 e.